The van der Waals surface area contributed by atoms with Crippen molar-refractivity contribution in [2.24, 2.45) is 4.99 Å². The van der Waals surface area contributed by atoms with E-state index in [1.54, 1.807) is 0 Å². The normalized spacial score (nSPS) is 24.5. The van der Waals surface area contributed by atoms with Crippen molar-refractivity contribution < 1.29 is 0 Å². The maximum absolute atomic E-state index is 4.67. The Morgan fingerprint density at radius 2 is 1.73 bits per heavy atom. The Balaban J connectivity index is 3.10. The number of allylic oxidation sites excluding steroid dienone is 4. The minimum Gasteiger partial charge on any atom is -0.353 e. The molecule has 0 spiro atoms. The van der Waals surface area contributed by atoms with E-state index in [0.717, 1.165) is 29.9 Å². The number of nitrogens with zero attached hydrogens (tertiary/aromatic N) is 1. The van der Waals surface area contributed by atoms with E-state index in [0.29, 0.717) is 0 Å². The average Bonchev–Trinajstić information content (AvgIpc) is 2.28. The van der Waals surface area contributed by atoms with Crippen molar-refractivity contribution in [1.29, 1.82) is 0 Å². The first-order chi connectivity index (χ1) is 7.26. The predicted octanol–water partition coefficient (Wildman–Crippen LogP) is 3.54. The number of aliphatic imine (C=N–C) groups is 1. The van der Waals surface area contributed by atoms with Crippen LogP contribution in [0.3, 0.4) is 0 Å². The largest absolute Gasteiger partial charge is 0.353 e. The molecular formula is C13H20N2. The van der Waals surface area contributed by atoms with Gasteiger partial charge in [-0.25, -0.2) is 4.99 Å². The van der Waals surface area contributed by atoms with E-state index in [9.17, 15) is 0 Å². The van der Waals surface area contributed by atoms with Crippen molar-refractivity contribution in [3.63, 3.8) is 0 Å². The molecule has 0 unspecified atom stereocenters. The Morgan fingerprint density at radius 3 is 2.20 bits per heavy atom. The van der Waals surface area contributed by atoms with E-state index in [1.807, 2.05) is 26.8 Å². The maximum Gasteiger partial charge on any atom is 0.0822 e. The summed E-state index contributed by atoms with van der Waals surface area (Å²) in [7, 11) is 0. The minimum atomic E-state index is 1.03. The third kappa shape index (κ3) is 2.58. The summed E-state index contributed by atoms with van der Waals surface area (Å²) in [5.74, 6) is 0. The zero-order chi connectivity index (χ0) is 11.3. The Kier molecular flexibility index (Phi) is 4.35. The quantitative estimate of drug-likeness (QED) is 0.731. The summed E-state index contributed by atoms with van der Waals surface area (Å²) in [6.45, 7) is 8.27. The first-order valence-corrected chi connectivity index (χ1v) is 5.61. The van der Waals surface area contributed by atoms with Crippen LogP contribution in [-0.2, 0) is 0 Å². The third-order valence-corrected chi connectivity index (χ3v) is 2.45. The second-order valence-electron chi connectivity index (χ2n) is 3.51. The summed E-state index contributed by atoms with van der Waals surface area (Å²) in [5, 5.41) is 3.41. The van der Waals surface area contributed by atoms with E-state index in [-0.39, 0.29) is 0 Å². The number of rotatable bonds is 2. The lowest BCUT2D eigenvalue weighted by molar-refractivity contribution is 0.916. The molecule has 1 heterocycles. The van der Waals surface area contributed by atoms with Crippen LogP contribution in [0.25, 0.3) is 0 Å². The van der Waals surface area contributed by atoms with Gasteiger partial charge in [0.25, 0.3) is 0 Å². The van der Waals surface area contributed by atoms with Gasteiger partial charge < -0.3 is 5.32 Å². The molecule has 0 bridgehead atoms. The zero-order valence-electron chi connectivity index (χ0n) is 10.1. The van der Waals surface area contributed by atoms with Crippen LogP contribution in [0.15, 0.2) is 40.3 Å². The predicted molar refractivity (Wildman–Crippen MR) is 66.7 cm³/mol. The molecule has 0 aromatic heterocycles. The number of nitrogens with one attached hydrogen (secondary N) is 1. The smallest absolute Gasteiger partial charge is 0.0822 e. The van der Waals surface area contributed by atoms with Crippen molar-refractivity contribution in [3.05, 3.63) is 35.3 Å². The van der Waals surface area contributed by atoms with Crippen LogP contribution < -0.4 is 5.32 Å². The van der Waals surface area contributed by atoms with Gasteiger partial charge >= 0.3 is 0 Å². The SMILES string of the molecule is CC=C1N=C(CCC)C(=CC)NC1=CC. The molecule has 1 aliphatic heterocycles. The van der Waals surface area contributed by atoms with E-state index in [2.05, 4.69) is 29.4 Å². The molecule has 82 valence electrons. The molecule has 1 aliphatic rings. The van der Waals surface area contributed by atoms with Gasteiger partial charge in [-0.2, -0.15) is 0 Å². The molecule has 0 radical (unpaired) electrons. The maximum atomic E-state index is 4.67. The molecule has 0 aliphatic carbocycles. The highest BCUT2D eigenvalue weighted by molar-refractivity contribution is 6.01. The third-order valence-electron chi connectivity index (χ3n) is 2.45. The standard InChI is InChI=1S/C13H20N2/c1-5-9-13-12(8-4)14-10(6-2)11(7-3)15-13/h6-8,14H,5,9H2,1-4H3. The second-order valence-corrected chi connectivity index (χ2v) is 3.51. The van der Waals surface area contributed by atoms with Crippen molar-refractivity contribution >= 4 is 5.71 Å². The monoisotopic (exact) mass is 204 g/mol. The van der Waals surface area contributed by atoms with Gasteiger partial charge in [0.15, 0.2) is 0 Å². The van der Waals surface area contributed by atoms with Crippen LogP contribution in [0, 0.1) is 0 Å². The number of hydrogen-bond acceptors (Lipinski definition) is 2. The lowest BCUT2D eigenvalue weighted by Gasteiger charge is -2.22. The molecule has 1 rings (SSSR count). The highest BCUT2D eigenvalue weighted by Gasteiger charge is 2.15. The molecule has 15 heavy (non-hydrogen) atoms. The van der Waals surface area contributed by atoms with Crippen LogP contribution in [0.1, 0.15) is 40.5 Å². The molecule has 0 aromatic rings. The van der Waals surface area contributed by atoms with Gasteiger partial charge in [0, 0.05) is 0 Å². The summed E-state index contributed by atoms with van der Waals surface area (Å²) in [4.78, 5) is 4.67. The Bertz CT molecular complexity index is 344. The molecule has 0 amide bonds. The molecule has 2 nitrogen and oxygen atoms in total. The van der Waals surface area contributed by atoms with Crippen LogP contribution in [0.2, 0.25) is 0 Å². The van der Waals surface area contributed by atoms with Gasteiger partial charge in [-0.15, -0.1) is 0 Å². The Labute approximate surface area is 92.5 Å². The van der Waals surface area contributed by atoms with Crippen molar-refractivity contribution in [2.45, 2.75) is 40.5 Å². The lowest BCUT2D eigenvalue weighted by Crippen LogP contribution is -2.25. The molecule has 0 aromatic carbocycles. The fourth-order valence-electron chi connectivity index (χ4n) is 1.65. The Hall–Kier alpha value is -1.31. The summed E-state index contributed by atoms with van der Waals surface area (Å²) in [6.07, 6.45) is 8.35. The zero-order valence-corrected chi connectivity index (χ0v) is 10.1. The van der Waals surface area contributed by atoms with Gasteiger partial charge in [-0.1, -0.05) is 31.6 Å². The first kappa shape index (κ1) is 11.8. The van der Waals surface area contributed by atoms with Gasteiger partial charge in [-0.05, 0) is 27.2 Å². The summed E-state index contributed by atoms with van der Waals surface area (Å²) in [6, 6.07) is 0. The second kappa shape index (κ2) is 5.54. The fraction of sp³-hybridized carbons (Fsp3) is 0.462. The van der Waals surface area contributed by atoms with Gasteiger partial charge in [0.1, 0.15) is 0 Å². The van der Waals surface area contributed by atoms with E-state index in [1.165, 1.54) is 5.71 Å². The highest BCUT2D eigenvalue weighted by Crippen LogP contribution is 2.20. The highest BCUT2D eigenvalue weighted by atomic mass is 15.0. The Morgan fingerprint density at radius 1 is 1.07 bits per heavy atom. The van der Waals surface area contributed by atoms with Crippen LogP contribution in [-0.4, -0.2) is 5.71 Å². The summed E-state index contributed by atoms with van der Waals surface area (Å²) >= 11 is 0. The molecule has 0 fully saturated rings. The van der Waals surface area contributed by atoms with Gasteiger partial charge in [0.05, 0.1) is 22.8 Å². The molecular weight excluding hydrogens is 184 g/mol. The average molecular weight is 204 g/mol. The van der Waals surface area contributed by atoms with E-state index < -0.39 is 0 Å². The van der Waals surface area contributed by atoms with Gasteiger partial charge in [0.2, 0.25) is 0 Å². The minimum absolute atomic E-state index is 1.03. The molecule has 0 atom stereocenters. The van der Waals surface area contributed by atoms with E-state index >= 15 is 0 Å². The van der Waals surface area contributed by atoms with Crippen LogP contribution in [0.5, 0.6) is 0 Å². The molecule has 0 saturated carbocycles. The molecule has 1 N–H and O–H groups in total. The first-order valence-electron chi connectivity index (χ1n) is 5.61. The van der Waals surface area contributed by atoms with Crippen molar-refractivity contribution in [1.82, 2.24) is 5.32 Å². The molecule has 2 heteroatoms. The van der Waals surface area contributed by atoms with Crippen molar-refractivity contribution in [2.75, 3.05) is 0 Å². The summed E-state index contributed by atoms with van der Waals surface area (Å²) in [5.41, 5.74) is 4.46. The lowest BCUT2D eigenvalue weighted by atomic mass is 10.1. The topological polar surface area (TPSA) is 24.4 Å². The van der Waals surface area contributed by atoms with E-state index in [4.69, 9.17) is 0 Å². The fourth-order valence-corrected chi connectivity index (χ4v) is 1.65. The molecule has 0 saturated heterocycles. The number of hydrogen-bond donors (Lipinski definition) is 1. The summed E-state index contributed by atoms with van der Waals surface area (Å²) < 4.78 is 0. The van der Waals surface area contributed by atoms with Crippen LogP contribution >= 0.6 is 0 Å². The van der Waals surface area contributed by atoms with Crippen LogP contribution in [0.4, 0.5) is 0 Å². The van der Waals surface area contributed by atoms with Gasteiger partial charge in [-0.3, -0.25) is 0 Å². The van der Waals surface area contributed by atoms with Crippen molar-refractivity contribution in [3.8, 4) is 0 Å².